The van der Waals surface area contributed by atoms with E-state index in [-0.39, 0.29) is 17.4 Å². The van der Waals surface area contributed by atoms with Gasteiger partial charge in [0, 0.05) is 4.83 Å². The summed E-state index contributed by atoms with van der Waals surface area (Å²) in [5.74, 6) is 2.77. The molecule has 0 radical (unpaired) electrons. The van der Waals surface area contributed by atoms with Crippen LogP contribution >= 0.6 is 15.9 Å². The van der Waals surface area contributed by atoms with Crippen LogP contribution in [0, 0.1) is 16.9 Å². The van der Waals surface area contributed by atoms with Crippen molar-refractivity contribution in [3.05, 3.63) is 35.9 Å². The van der Waals surface area contributed by atoms with Crippen LogP contribution in [-0.4, -0.2) is 20.7 Å². The van der Waals surface area contributed by atoms with Crippen molar-refractivity contribution >= 4 is 30.0 Å². The van der Waals surface area contributed by atoms with Gasteiger partial charge in [-0.25, -0.2) is 0 Å². The number of rotatable bonds is 5. The molecule has 0 aliphatic rings. The number of hydrogen-bond acceptors (Lipinski definition) is 2. The van der Waals surface area contributed by atoms with Gasteiger partial charge in [0.1, 0.15) is 8.07 Å². The maximum Gasteiger partial charge on any atom is 0.312 e. The highest BCUT2D eigenvalue weighted by Crippen LogP contribution is 2.36. The van der Waals surface area contributed by atoms with Crippen LogP contribution in [0.4, 0.5) is 0 Å². The number of esters is 1. The Kier molecular flexibility index (Phi) is 6.89. The zero-order valence-corrected chi connectivity index (χ0v) is 16.7. The second kappa shape index (κ2) is 7.98. The third-order valence-electron chi connectivity index (χ3n) is 3.14. The molecule has 1 aromatic carbocycles. The Morgan fingerprint density at radius 2 is 1.86 bits per heavy atom. The fraction of sp³-hybridized carbons (Fsp3) is 0.500. The summed E-state index contributed by atoms with van der Waals surface area (Å²) >= 11 is 3.67. The predicted octanol–water partition coefficient (Wildman–Crippen LogP) is 4.96. The summed E-state index contributed by atoms with van der Waals surface area (Å²) in [5.41, 5.74) is 3.82. The lowest BCUT2D eigenvalue weighted by Gasteiger charge is -2.25. The van der Waals surface area contributed by atoms with Crippen molar-refractivity contribution in [2.24, 2.45) is 5.41 Å². The Hall–Kier alpha value is -1.05. The highest BCUT2D eigenvalue weighted by atomic mass is 79.9. The third kappa shape index (κ3) is 6.80. The molecule has 0 saturated heterocycles. The van der Waals surface area contributed by atoms with Gasteiger partial charge in [0.25, 0.3) is 0 Å². The molecule has 0 aromatic heterocycles. The van der Waals surface area contributed by atoms with E-state index in [2.05, 4.69) is 59.2 Å². The van der Waals surface area contributed by atoms with Gasteiger partial charge in [-0.1, -0.05) is 71.8 Å². The molecule has 0 fully saturated rings. The van der Waals surface area contributed by atoms with E-state index in [1.807, 2.05) is 32.0 Å². The van der Waals surface area contributed by atoms with Crippen LogP contribution in [0.2, 0.25) is 19.6 Å². The summed E-state index contributed by atoms with van der Waals surface area (Å²) < 4.78 is 5.33. The Bertz CT molecular complexity index is 550. The van der Waals surface area contributed by atoms with E-state index < -0.39 is 13.5 Å². The number of ether oxygens (including phenoxy) is 1. The number of halogens is 1. The van der Waals surface area contributed by atoms with Gasteiger partial charge >= 0.3 is 5.97 Å². The van der Waals surface area contributed by atoms with Crippen LogP contribution in [0.1, 0.15) is 30.7 Å². The number of carbonyl (C=O) groups is 1. The monoisotopic (exact) mass is 380 g/mol. The maximum atomic E-state index is 12.3. The smallest absolute Gasteiger partial charge is 0.312 e. The summed E-state index contributed by atoms with van der Waals surface area (Å²) in [6, 6.07) is 10.1. The van der Waals surface area contributed by atoms with Crippen molar-refractivity contribution in [1.82, 2.24) is 0 Å². The number of benzene rings is 1. The summed E-state index contributed by atoms with van der Waals surface area (Å²) in [6.45, 7) is 10.5. The summed E-state index contributed by atoms with van der Waals surface area (Å²) in [6.07, 6.45) is 0.678. The first-order chi connectivity index (χ1) is 10.1. The molecule has 0 N–H and O–H groups in total. The highest BCUT2D eigenvalue weighted by molar-refractivity contribution is 9.09. The minimum atomic E-state index is -1.41. The molecule has 1 atom stereocenters. The Balaban J connectivity index is 2.57. The first-order valence-corrected chi connectivity index (χ1v) is 11.9. The van der Waals surface area contributed by atoms with Crippen molar-refractivity contribution in [2.75, 3.05) is 6.61 Å². The third-order valence-corrected chi connectivity index (χ3v) is 4.92. The number of alkyl halides is 1. The first kappa shape index (κ1) is 19.0. The predicted molar refractivity (Wildman–Crippen MR) is 98.6 cm³/mol. The van der Waals surface area contributed by atoms with Crippen LogP contribution in [0.25, 0.3) is 0 Å². The quantitative estimate of drug-likeness (QED) is 0.312. The zero-order chi connectivity index (χ0) is 16.8. The van der Waals surface area contributed by atoms with E-state index in [0.717, 1.165) is 0 Å². The zero-order valence-electron chi connectivity index (χ0n) is 14.1. The van der Waals surface area contributed by atoms with Crippen molar-refractivity contribution in [1.29, 1.82) is 0 Å². The van der Waals surface area contributed by atoms with Gasteiger partial charge in [0.15, 0.2) is 6.61 Å². The van der Waals surface area contributed by atoms with Gasteiger partial charge in [0.05, 0.1) is 5.41 Å². The number of hydrogen-bond donors (Lipinski definition) is 0. The molecule has 0 aliphatic carbocycles. The molecular weight excluding hydrogens is 356 g/mol. The van der Waals surface area contributed by atoms with E-state index in [1.54, 1.807) is 0 Å². The molecule has 0 aliphatic heterocycles. The van der Waals surface area contributed by atoms with E-state index in [0.29, 0.717) is 6.42 Å². The molecule has 1 rings (SSSR count). The molecule has 120 valence electrons. The lowest BCUT2D eigenvalue weighted by molar-refractivity contribution is -0.152. The van der Waals surface area contributed by atoms with Crippen LogP contribution in [-0.2, 0) is 9.53 Å². The fourth-order valence-corrected chi connectivity index (χ4v) is 3.63. The second-order valence-electron chi connectivity index (χ2n) is 7.09. The van der Waals surface area contributed by atoms with E-state index >= 15 is 0 Å². The molecule has 0 amide bonds. The van der Waals surface area contributed by atoms with Crippen LogP contribution < -0.4 is 0 Å². The molecule has 1 unspecified atom stereocenters. The molecule has 22 heavy (non-hydrogen) atoms. The summed E-state index contributed by atoms with van der Waals surface area (Å²) in [5, 5.41) is 0. The lowest BCUT2D eigenvalue weighted by atomic mass is 9.86. The average Bonchev–Trinajstić information content (AvgIpc) is 2.42. The number of carbonyl (C=O) groups excluding carboxylic acids is 1. The van der Waals surface area contributed by atoms with Crippen molar-refractivity contribution in [3.63, 3.8) is 0 Å². The Morgan fingerprint density at radius 3 is 2.41 bits per heavy atom. The second-order valence-corrected chi connectivity index (χ2v) is 12.9. The molecule has 1 aromatic rings. The van der Waals surface area contributed by atoms with Crippen molar-refractivity contribution < 1.29 is 9.53 Å². The van der Waals surface area contributed by atoms with Gasteiger partial charge < -0.3 is 4.74 Å². The maximum absolute atomic E-state index is 12.3. The molecule has 0 spiro atoms. The standard InChI is InChI=1S/C18H25BrO2Si/c1-18(2,14-16(19)15-10-7-6-8-11-15)17(20)21-12-9-13-22(3,4)5/h6-8,10-11,16H,12,14H2,1-5H3. The van der Waals surface area contributed by atoms with E-state index in [4.69, 9.17) is 4.74 Å². The average molecular weight is 381 g/mol. The van der Waals surface area contributed by atoms with Crippen LogP contribution in [0.5, 0.6) is 0 Å². The Morgan fingerprint density at radius 1 is 1.27 bits per heavy atom. The molecular formula is C18H25BrO2Si. The summed E-state index contributed by atoms with van der Waals surface area (Å²) in [4.78, 5) is 12.4. The lowest BCUT2D eigenvalue weighted by Crippen LogP contribution is -2.28. The van der Waals surface area contributed by atoms with E-state index in [1.165, 1.54) is 5.56 Å². The van der Waals surface area contributed by atoms with E-state index in [9.17, 15) is 4.79 Å². The van der Waals surface area contributed by atoms with Crippen LogP contribution in [0.15, 0.2) is 30.3 Å². The summed E-state index contributed by atoms with van der Waals surface area (Å²) in [7, 11) is -1.41. The Labute approximate surface area is 143 Å². The molecule has 0 bridgehead atoms. The SMILES string of the molecule is CC(C)(CC(Br)c1ccccc1)C(=O)OCC#C[Si](C)(C)C. The minimum Gasteiger partial charge on any atom is -0.452 e. The minimum absolute atomic E-state index is 0.129. The highest BCUT2D eigenvalue weighted by Gasteiger charge is 2.32. The van der Waals surface area contributed by atoms with Gasteiger partial charge in [-0.3, -0.25) is 4.79 Å². The van der Waals surface area contributed by atoms with Gasteiger partial charge in [-0.2, -0.15) is 0 Å². The van der Waals surface area contributed by atoms with Crippen molar-refractivity contribution in [3.8, 4) is 11.5 Å². The van der Waals surface area contributed by atoms with Crippen molar-refractivity contribution in [2.45, 2.75) is 44.7 Å². The van der Waals surface area contributed by atoms with Crippen LogP contribution in [0.3, 0.4) is 0 Å². The molecule has 2 nitrogen and oxygen atoms in total. The van der Waals surface area contributed by atoms with Gasteiger partial charge in [-0.15, -0.1) is 5.54 Å². The topological polar surface area (TPSA) is 26.3 Å². The molecule has 0 heterocycles. The van der Waals surface area contributed by atoms with Gasteiger partial charge in [-0.05, 0) is 25.8 Å². The first-order valence-electron chi connectivity index (χ1n) is 7.48. The van der Waals surface area contributed by atoms with Gasteiger partial charge in [0.2, 0.25) is 0 Å². The largest absolute Gasteiger partial charge is 0.452 e. The molecule has 4 heteroatoms. The fourth-order valence-electron chi connectivity index (χ4n) is 1.91. The molecule has 0 saturated carbocycles. The normalized spacial score (nSPS) is 13.0.